The van der Waals surface area contributed by atoms with Crippen LogP contribution in [-0.2, 0) is 46.3 Å². The van der Waals surface area contributed by atoms with E-state index in [1.54, 1.807) is 32.0 Å². The minimum Gasteiger partial charge on any atom is -0.358 e. The zero-order chi connectivity index (χ0) is 13.1. The number of para-hydroxylation sites is 1. The molecule has 0 spiro atoms. The summed E-state index contributed by atoms with van der Waals surface area (Å²) in [4.78, 5) is 9.59. The van der Waals surface area contributed by atoms with Gasteiger partial charge in [-0.25, -0.2) is 0 Å². The van der Waals surface area contributed by atoms with Gasteiger partial charge in [-0.1, -0.05) is 18.2 Å². The number of hydrogen-bond acceptors (Lipinski definition) is 5. The van der Waals surface area contributed by atoms with Crippen LogP contribution in [0.2, 0.25) is 0 Å². The molecule has 0 fully saturated rings. The SMILES string of the molecule is CCO[PH](=O)OCC.O=[N+]([O-])c1ccccc1.[CH3-].[Y]. The normalized spacial score (nSPS) is 8.58. The van der Waals surface area contributed by atoms with Crippen molar-refractivity contribution in [2.45, 2.75) is 13.8 Å². The van der Waals surface area contributed by atoms with Gasteiger partial charge < -0.3 is 16.5 Å². The van der Waals surface area contributed by atoms with Crippen LogP contribution in [0.3, 0.4) is 0 Å². The predicted octanol–water partition coefficient (Wildman–Crippen LogP) is 3.49. The van der Waals surface area contributed by atoms with Gasteiger partial charge in [0.2, 0.25) is 0 Å². The molecule has 1 aromatic carbocycles. The molecule has 0 aromatic heterocycles. The predicted molar refractivity (Wildman–Crippen MR) is 71.8 cm³/mol. The van der Waals surface area contributed by atoms with E-state index in [-0.39, 0.29) is 45.8 Å². The second-order valence-corrected chi connectivity index (χ2v) is 3.79. The van der Waals surface area contributed by atoms with Crippen molar-refractivity contribution >= 4 is 13.9 Å². The van der Waals surface area contributed by atoms with Crippen LogP contribution in [0.4, 0.5) is 5.69 Å². The van der Waals surface area contributed by atoms with Gasteiger partial charge in [-0.15, -0.1) is 0 Å². The van der Waals surface area contributed by atoms with Gasteiger partial charge in [0.25, 0.3) is 5.69 Å². The van der Waals surface area contributed by atoms with E-state index < -0.39 is 13.2 Å². The van der Waals surface area contributed by atoms with E-state index in [4.69, 9.17) is 0 Å². The Hall–Kier alpha value is -0.126. The molecule has 1 rings (SSSR count). The first kappa shape index (κ1) is 23.9. The van der Waals surface area contributed by atoms with Crippen LogP contribution in [0, 0.1) is 17.5 Å². The summed E-state index contributed by atoms with van der Waals surface area (Å²) < 4.78 is 19.6. The molecular formula is C11H19NO5PY-. The van der Waals surface area contributed by atoms with Crippen LogP contribution in [-0.4, -0.2) is 18.1 Å². The molecule has 8 heteroatoms. The molecule has 107 valence electrons. The third kappa shape index (κ3) is 14.1. The summed E-state index contributed by atoms with van der Waals surface area (Å²) in [6, 6.07) is 7.93. The van der Waals surface area contributed by atoms with Gasteiger partial charge in [0.15, 0.2) is 0 Å². The number of nitrogens with zero attached hydrogens (tertiary/aromatic N) is 1. The van der Waals surface area contributed by atoms with Gasteiger partial charge >= 0.3 is 8.25 Å². The van der Waals surface area contributed by atoms with E-state index in [0.29, 0.717) is 13.2 Å². The maximum atomic E-state index is 10.4. The summed E-state index contributed by atoms with van der Waals surface area (Å²) in [7, 11) is -2.14. The smallest absolute Gasteiger partial charge is 0.319 e. The summed E-state index contributed by atoms with van der Waals surface area (Å²) in [6.07, 6.45) is 0. The van der Waals surface area contributed by atoms with Gasteiger partial charge in [0, 0.05) is 44.8 Å². The largest absolute Gasteiger partial charge is 0.358 e. The van der Waals surface area contributed by atoms with Gasteiger partial charge in [0.05, 0.1) is 18.1 Å². The first-order chi connectivity index (χ1) is 8.11. The van der Waals surface area contributed by atoms with Crippen LogP contribution < -0.4 is 0 Å². The van der Waals surface area contributed by atoms with Crippen LogP contribution in [0.25, 0.3) is 0 Å². The fourth-order valence-corrected chi connectivity index (χ4v) is 1.38. The number of nitro groups is 1. The molecule has 19 heavy (non-hydrogen) atoms. The standard InChI is InChI=1S/C6H5NO2.C4H11O3P.CH3.Y/c8-7(9)6-4-2-1-3-5-6;1-3-6-8(5)7-4-2;;/h1-5H;8H,3-4H2,1-2H3;1H3;/q;;-1;. The maximum Gasteiger partial charge on any atom is 0.319 e. The molecule has 0 aliphatic heterocycles. The summed E-state index contributed by atoms with van der Waals surface area (Å²) in [5.74, 6) is 0. The van der Waals surface area contributed by atoms with E-state index in [2.05, 4.69) is 9.05 Å². The van der Waals surface area contributed by atoms with Crippen LogP contribution in [0.15, 0.2) is 30.3 Å². The van der Waals surface area contributed by atoms with Crippen LogP contribution in [0.5, 0.6) is 0 Å². The Bertz CT molecular complexity index is 342. The Kier molecular flexibility index (Phi) is 20.1. The minimum absolute atomic E-state index is 0. The molecule has 0 N–H and O–H groups in total. The molecule has 1 radical (unpaired) electrons. The fraction of sp³-hybridized carbons (Fsp3) is 0.364. The fourth-order valence-electron chi connectivity index (χ4n) is 0.827. The topological polar surface area (TPSA) is 78.7 Å². The van der Waals surface area contributed by atoms with Gasteiger partial charge in [-0.2, -0.15) is 0 Å². The molecule has 0 unspecified atom stereocenters. The Morgan fingerprint density at radius 2 is 1.58 bits per heavy atom. The molecule has 0 atom stereocenters. The summed E-state index contributed by atoms with van der Waals surface area (Å²) in [5.41, 5.74) is 0.137. The molecule has 0 saturated heterocycles. The van der Waals surface area contributed by atoms with Crippen molar-refractivity contribution in [3.63, 3.8) is 0 Å². The molecule has 0 aliphatic rings. The van der Waals surface area contributed by atoms with Crippen molar-refractivity contribution in [1.29, 1.82) is 0 Å². The Morgan fingerprint density at radius 1 is 1.16 bits per heavy atom. The molecule has 0 saturated carbocycles. The van der Waals surface area contributed by atoms with Crippen LogP contribution in [0.1, 0.15) is 13.8 Å². The average molecular weight is 365 g/mol. The minimum atomic E-state index is -2.14. The van der Waals surface area contributed by atoms with E-state index in [0.717, 1.165) is 0 Å². The monoisotopic (exact) mass is 365 g/mol. The third-order valence-corrected chi connectivity index (χ3v) is 2.54. The molecule has 0 aliphatic carbocycles. The van der Waals surface area contributed by atoms with Crippen molar-refractivity contribution < 1.29 is 51.2 Å². The molecular weight excluding hydrogens is 346 g/mol. The number of hydrogen-bond donors (Lipinski definition) is 0. The average Bonchev–Trinajstić information content (AvgIpc) is 2.32. The maximum absolute atomic E-state index is 10.4. The third-order valence-electron chi connectivity index (χ3n) is 1.49. The van der Waals surface area contributed by atoms with Gasteiger partial charge in [0.1, 0.15) is 0 Å². The summed E-state index contributed by atoms with van der Waals surface area (Å²) in [5, 5.41) is 10.0. The van der Waals surface area contributed by atoms with Gasteiger partial charge in [-0.05, 0) is 13.8 Å². The number of nitro benzene ring substituents is 1. The van der Waals surface area contributed by atoms with E-state index >= 15 is 0 Å². The number of rotatable bonds is 5. The molecule has 0 bridgehead atoms. The zero-order valence-corrected chi connectivity index (χ0v) is 15.2. The first-order valence-corrected chi connectivity index (χ1v) is 6.33. The zero-order valence-electron chi connectivity index (χ0n) is 11.4. The van der Waals surface area contributed by atoms with Crippen molar-refractivity contribution in [3.05, 3.63) is 47.9 Å². The van der Waals surface area contributed by atoms with Gasteiger partial charge in [-0.3, -0.25) is 14.7 Å². The summed E-state index contributed by atoms with van der Waals surface area (Å²) in [6.45, 7) is 4.47. The van der Waals surface area contributed by atoms with Crippen molar-refractivity contribution in [1.82, 2.24) is 0 Å². The second kappa shape index (κ2) is 15.9. The Balaban J connectivity index is -0.000000246. The second-order valence-electron chi connectivity index (χ2n) is 2.71. The molecule has 1 aromatic rings. The van der Waals surface area contributed by atoms with Crippen molar-refractivity contribution in [3.8, 4) is 0 Å². The van der Waals surface area contributed by atoms with Crippen LogP contribution >= 0.6 is 8.25 Å². The Morgan fingerprint density at radius 3 is 1.84 bits per heavy atom. The molecule has 6 nitrogen and oxygen atoms in total. The molecule has 0 heterocycles. The van der Waals surface area contributed by atoms with E-state index in [1.807, 2.05) is 0 Å². The number of non-ortho nitro benzene ring substituents is 1. The molecule has 0 amide bonds. The van der Waals surface area contributed by atoms with Crippen molar-refractivity contribution in [2.24, 2.45) is 0 Å². The van der Waals surface area contributed by atoms with Crippen molar-refractivity contribution in [2.75, 3.05) is 13.2 Å². The van der Waals surface area contributed by atoms with E-state index in [9.17, 15) is 14.7 Å². The van der Waals surface area contributed by atoms with E-state index in [1.165, 1.54) is 12.1 Å². The Labute approximate surface area is 139 Å². The number of benzene rings is 1. The summed E-state index contributed by atoms with van der Waals surface area (Å²) >= 11 is 0. The quantitative estimate of drug-likeness (QED) is 0.345. The first-order valence-electron chi connectivity index (χ1n) is 5.10.